The van der Waals surface area contributed by atoms with Crippen molar-refractivity contribution in [1.82, 2.24) is 0 Å². The SMILES string of the molecule is CCCCCC1(/C=C/[C@@H]2[C@@H](C/C=C\CCCC(=O)O)[C@@H](O)C[C@H]2O)OCC(C)O1. The van der Waals surface area contributed by atoms with E-state index in [9.17, 15) is 15.0 Å². The largest absolute Gasteiger partial charge is 0.481 e. The first-order valence-corrected chi connectivity index (χ1v) is 11.1. The molecule has 0 amide bonds. The summed E-state index contributed by atoms with van der Waals surface area (Å²) in [5.41, 5.74) is 0. The first kappa shape index (κ1) is 24.1. The molecule has 1 saturated carbocycles. The lowest BCUT2D eigenvalue weighted by Gasteiger charge is -2.26. The highest BCUT2D eigenvalue weighted by atomic mass is 16.7. The summed E-state index contributed by atoms with van der Waals surface area (Å²) in [4.78, 5) is 10.6. The minimum Gasteiger partial charge on any atom is -0.481 e. The van der Waals surface area contributed by atoms with E-state index in [-0.39, 0.29) is 24.4 Å². The Bertz CT molecular complexity index is 560. The fraction of sp³-hybridized carbons (Fsp3) is 0.783. The molecule has 2 rings (SSSR count). The molecule has 0 aromatic rings. The minimum atomic E-state index is -0.781. The third-order valence-corrected chi connectivity index (χ3v) is 5.92. The summed E-state index contributed by atoms with van der Waals surface area (Å²) in [5, 5.41) is 29.6. The zero-order valence-electron chi connectivity index (χ0n) is 17.8. The highest BCUT2D eigenvalue weighted by Gasteiger charge is 2.42. The monoisotopic (exact) mass is 410 g/mol. The normalized spacial score (nSPS) is 35.2. The van der Waals surface area contributed by atoms with Crippen LogP contribution in [-0.4, -0.2) is 52.0 Å². The maximum absolute atomic E-state index is 10.6. The fourth-order valence-corrected chi connectivity index (χ4v) is 4.30. The molecule has 1 aliphatic heterocycles. The Morgan fingerprint density at radius 3 is 2.62 bits per heavy atom. The predicted octanol–water partition coefficient (Wildman–Crippen LogP) is 3.81. The molecule has 6 nitrogen and oxygen atoms in total. The lowest BCUT2D eigenvalue weighted by Crippen LogP contribution is -2.29. The third kappa shape index (κ3) is 7.52. The number of aliphatic hydroxyl groups is 2. The van der Waals surface area contributed by atoms with Crippen LogP contribution in [0, 0.1) is 11.8 Å². The summed E-state index contributed by atoms with van der Waals surface area (Å²) < 4.78 is 12.1. The molecule has 0 aromatic heterocycles. The van der Waals surface area contributed by atoms with Crippen molar-refractivity contribution in [3.05, 3.63) is 24.3 Å². The average molecular weight is 411 g/mol. The highest BCUT2D eigenvalue weighted by molar-refractivity contribution is 5.66. The van der Waals surface area contributed by atoms with E-state index in [0.717, 1.165) is 25.7 Å². The van der Waals surface area contributed by atoms with Crippen molar-refractivity contribution in [2.75, 3.05) is 6.61 Å². The Hall–Kier alpha value is -1.21. The number of aliphatic carboxylic acids is 1. The summed E-state index contributed by atoms with van der Waals surface area (Å²) in [5.74, 6) is -1.72. The molecule has 2 unspecified atom stereocenters. The van der Waals surface area contributed by atoms with Gasteiger partial charge >= 0.3 is 5.97 Å². The van der Waals surface area contributed by atoms with E-state index >= 15 is 0 Å². The van der Waals surface area contributed by atoms with Crippen molar-refractivity contribution < 1.29 is 29.6 Å². The van der Waals surface area contributed by atoms with Gasteiger partial charge < -0.3 is 24.8 Å². The number of carboxylic acid groups (broad SMARTS) is 1. The van der Waals surface area contributed by atoms with Crippen LogP contribution in [0.3, 0.4) is 0 Å². The number of rotatable bonds is 12. The molecular weight excluding hydrogens is 372 g/mol. The van der Waals surface area contributed by atoms with Gasteiger partial charge in [-0.2, -0.15) is 0 Å². The maximum atomic E-state index is 10.6. The second-order valence-corrected chi connectivity index (χ2v) is 8.47. The Kier molecular flexibility index (Phi) is 9.83. The van der Waals surface area contributed by atoms with Crippen LogP contribution in [0.5, 0.6) is 0 Å². The standard InChI is InChI=1S/C23H38O6/c1-3-4-9-13-23(28-16-17(2)29-23)14-12-19-18(20(24)15-21(19)25)10-7-5-6-8-11-22(26)27/h5,7,12,14,17-21,24-25H,3-4,6,8-11,13,15-16H2,1-2H3,(H,26,27)/b7-5-,14-12+/t17?,18-,19-,20+,21-,23?/m1/s1. The van der Waals surface area contributed by atoms with E-state index in [0.29, 0.717) is 32.3 Å². The molecule has 0 spiro atoms. The van der Waals surface area contributed by atoms with E-state index in [1.165, 1.54) is 0 Å². The number of aliphatic hydroxyl groups excluding tert-OH is 2. The van der Waals surface area contributed by atoms with Gasteiger partial charge in [-0.1, -0.05) is 38.0 Å². The van der Waals surface area contributed by atoms with Crippen LogP contribution in [0.2, 0.25) is 0 Å². The van der Waals surface area contributed by atoms with Gasteiger partial charge in [-0.05, 0) is 44.6 Å². The lowest BCUT2D eigenvalue weighted by atomic mass is 9.89. The van der Waals surface area contributed by atoms with E-state index in [2.05, 4.69) is 6.92 Å². The van der Waals surface area contributed by atoms with Crippen LogP contribution in [0.15, 0.2) is 24.3 Å². The van der Waals surface area contributed by atoms with Crippen molar-refractivity contribution in [3.63, 3.8) is 0 Å². The minimum absolute atomic E-state index is 0.0462. The van der Waals surface area contributed by atoms with Crippen molar-refractivity contribution >= 4 is 5.97 Å². The number of ether oxygens (including phenoxy) is 2. The van der Waals surface area contributed by atoms with Gasteiger partial charge in [0, 0.05) is 25.2 Å². The van der Waals surface area contributed by atoms with Gasteiger partial charge in [0.1, 0.15) is 0 Å². The van der Waals surface area contributed by atoms with E-state index in [1.807, 2.05) is 31.2 Å². The average Bonchev–Trinajstić information content (AvgIpc) is 3.16. The molecule has 166 valence electrons. The maximum Gasteiger partial charge on any atom is 0.303 e. The Morgan fingerprint density at radius 1 is 1.17 bits per heavy atom. The molecule has 3 N–H and O–H groups in total. The molecule has 6 atom stereocenters. The number of hydrogen-bond acceptors (Lipinski definition) is 5. The van der Waals surface area contributed by atoms with Gasteiger partial charge in [-0.3, -0.25) is 4.79 Å². The van der Waals surface area contributed by atoms with Crippen molar-refractivity contribution in [2.45, 2.75) is 95.7 Å². The predicted molar refractivity (Wildman–Crippen MR) is 111 cm³/mol. The molecule has 1 heterocycles. The smallest absolute Gasteiger partial charge is 0.303 e. The Labute approximate surface area is 174 Å². The number of carbonyl (C=O) groups is 1. The lowest BCUT2D eigenvalue weighted by molar-refractivity contribution is -0.137. The van der Waals surface area contributed by atoms with E-state index < -0.39 is 24.0 Å². The Balaban J connectivity index is 1.97. The second-order valence-electron chi connectivity index (χ2n) is 8.47. The van der Waals surface area contributed by atoms with E-state index in [4.69, 9.17) is 14.6 Å². The van der Waals surface area contributed by atoms with Gasteiger partial charge in [0.25, 0.3) is 0 Å². The van der Waals surface area contributed by atoms with Gasteiger partial charge in [0.15, 0.2) is 5.79 Å². The molecule has 29 heavy (non-hydrogen) atoms. The number of hydrogen-bond donors (Lipinski definition) is 3. The number of unbranched alkanes of at least 4 members (excludes halogenated alkanes) is 3. The van der Waals surface area contributed by atoms with Gasteiger partial charge in [0.2, 0.25) is 0 Å². The topological polar surface area (TPSA) is 96.2 Å². The van der Waals surface area contributed by atoms with Gasteiger partial charge in [-0.25, -0.2) is 0 Å². The molecule has 0 aromatic carbocycles. The quantitative estimate of drug-likeness (QED) is 0.334. The zero-order valence-corrected chi connectivity index (χ0v) is 17.8. The third-order valence-electron chi connectivity index (χ3n) is 5.92. The van der Waals surface area contributed by atoms with Crippen LogP contribution in [0.4, 0.5) is 0 Å². The van der Waals surface area contributed by atoms with Crippen LogP contribution in [0.25, 0.3) is 0 Å². The van der Waals surface area contributed by atoms with Gasteiger partial charge in [0.05, 0.1) is 24.9 Å². The zero-order chi connectivity index (χ0) is 21.3. The van der Waals surface area contributed by atoms with Crippen LogP contribution >= 0.6 is 0 Å². The second kappa shape index (κ2) is 11.8. The summed E-state index contributed by atoms with van der Waals surface area (Å²) in [6.45, 7) is 4.73. The summed E-state index contributed by atoms with van der Waals surface area (Å²) in [7, 11) is 0. The summed E-state index contributed by atoms with van der Waals surface area (Å²) in [6.07, 6.45) is 13.4. The molecule has 2 fully saturated rings. The van der Waals surface area contributed by atoms with Crippen molar-refractivity contribution in [2.24, 2.45) is 11.8 Å². The van der Waals surface area contributed by atoms with Crippen molar-refractivity contribution in [1.29, 1.82) is 0 Å². The molecule has 1 saturated heterocycles. The Morgan fingerprint density at radius 2 is 1.97 bits per heavy atom. The number of carboxylic acids is 1. The first-order valence-electron chi connectivity index (χ1n) is 11.1. The summed E-state index contributed by atoms with van der Waals surface area (Å²) >= 11 is 0. The van der Waals surface area contributed by atoms with Crippen LogP contribution < -0.4 is 0 Å². The molecule has 0 radical (unpaired) electrons. The van der Waals surface area contributed by atoms with Crippen LogP contribution in [-0.2, 0) is 14.3 Å². The van der Waals surface area contributed by atoms with Gasteiger partial charge in [-0.15, -0.1) is 0 Å². The molecule has 6 heteroatoms. The highest BCUT2D eigenvalue weighted by Crippen LogP contribution is 2.38. The van der Waals surface area contributed by atoms with Crippen LogP contribution in [0.1, 0.15) is 71.6 Å². The molecular formula is C23H38O6. The summed E-state index contributed by atoms with van der Waals surface area (Å²) in [6, 6.07) is 0. The number of allylic oxidation sites excluding steroid dienone is 2. The molecule has 2 aliphatic rings. The van der Waals surface area contributed by atoms with E-state index in [1.54, 1.807) is 0 Å². The fourth-order valence-electron chi connectivity index (χ4n) is 4.30. The van der Waals surface area contributed by atoms with Crippen molar-refractivity contribution in [3.8, 4) is 0 Å². The molecule has 1 aliphatic carbocycles. The molecule has 0 bridgehead atoms. The first-order chi connectivity index (χ1) is 13.9.